The summed E-state index contributed by atoms with van der Waals surface area (Å²) in [5.41, 5.74) is 5.83. The normalized spacial score (nSPS) is 13.3. The zero-order chi connectivity index (χ0) is 22.3. The molecule has 1 N–H and O–H groups in total. The first-order valence-electron chi connectivity index (χ1n) is 11.0. The van der Waals surface area contributed by atoms with E-state index in [1.54, 1.807) is 14.2 Å². The predicted molar refractivity (Wildman–Crippen MR) is 127 cm³/mol. The SMILES string of the molecule is COc1ccc(CN2CCc3ccc(NC(=O)CCc4ccccc4OC)cc3C2)cc1. The number of aryl methyl sites for hydroxylation is 1. The molecule has 4 rings (SSSR count). The fourth-order valence-electron chi connectivity index (χ4n) is 4.20. The number of nitrogens with zero attached hydrogens (tertiary/aromatic N) is 1. The number of carbonyl (C=O) groups is 1. The second kappa shape index (κ2) is 10.3. The summed E-state index contributed by atoms with van der Waals surface area (Å²) in [5, 5.41) is 3.06. The van der Waals surface area contributed by atoms with Crippen molar-refractivity contribution in [3.05, 3.63) is 89.0 Å². The molecular formula is C27H30N2O3. The van der Waals surface area contributed by atoms with Gasteiger partial charge in [-0.3, -0.25) is 9.69 Å². The molecule has 0 fully saturated rings. The Hall–Kier alpha value is -3.31. The average molecular weight is 431 g/mol. The fourth-order valence-corrected chi connectivity index (χ4v) is 4.20. The smallest absolute Gasteiger partial charge is 0.224 e. The van der Waals surface area contributed by atoms with E-state index < -0.39 is 0 Å². The summed E-state index contributed by atoms with van der Waals surface area (Å²) in [6.07, 6.45) is 2.09. The van der Waals surface area contributed by atoms with Gasteiger partial charge in [-0.2, -0.15) is 0 Å². The standard InChI is InChI=1S/C27H30N2O3/c1-31-25-12-7-20(8-13-25)18-29-16-15-21-9-11-24(17-23(21)19-29)28-27(30)14-10-22-5-3-4-6-26(22)32-2/h3-9,11-13,17H,10,14-16,18-19H2,1-2H3,(H,28,30). The Kier molecular flexibility index (Phi) is 7.07. The van der Waals surface area contributed by atoms with Gasteiger partial charge in [0.15, 0.2) is 0 Å². The molecule has 5 nitrogen and oxygen atoms in total. The van der Waals surface area contributed by atoms with Gasteiger partial charge >= 0.3 is 0 Å². The molecule has 0 saturated carbocycles. The number of nitrogens with one attached hydrogen (secondary N) is 1. The Bertz CT molecular complexity index is 1060. The topological polar surface area (TPSA) is 50.8 Å². The van der Waals surface area contributed by atoms with Crippen molar-refractivity contribution < 1.29 is 14.3 Å². The Labute approximate surface area is 190 Å². The number of para-hydroxylation sites is 1. The molecule has 0 atom stereocenters. The number of hydrogen-bond donors (Lipinski definition) is 1. The maximum Gasteiger partial charge on any atom is 0.224 e. The molecule has 1 amide bonds. The van der Waals surface area contributed by atoms with E-state index in [9.17, 15) is 4.79 Å². The van der Waals surface area contributed by atoms with Gasteiger partial charge in [0.25, 0.3) is 0 Å². The highest BCUT2D eigenvalue weighted by atomic mass is 16.5. The minimum Gasteiger partial charge on any atom is -0.497 e. The van der Waals surface area contributed by atoms with Gasteiger partial charge in [-0.25, -0.2) is 0 Å². The van der Waals surface area contributed by atoms with Crippen LogP contribution in [0.4, 0.5) is 5.69 Å². The quantitative estimate of drug-likeness (QED) is 0.556. The number of rotatable bonds is 8. The number of carbonyl (C=O) groups excluding carboxylic acids is 1. The van der Waals surface area contributed by atoms with Gasteiger partial charge in [-0.1, -0.05) is 36.4 Å². The minimum atomic E-state index is 0.0155. The molecule has 0 aromatic heterocycles. The summed E-state index contributed by atoms with van der Waals surface area (Å²) in [6.45, 7) is 2.81. The third-order valence-electron chi connectivity index (χ3n) is 5.96. The molecule has 0 saturated heterocycles. The molecule has 32 heavy (non-hydrogen) atoms. The molecule has 0 spiro atoms. The van der Waals surface area contributed by atoms with Crippen LogP contribution in [0.5, 0.6) is 11.5 Å². The van der Waals surface area contributed by atoms with E-state index in [0.29, 0.717) is 12.8 Å². The van der Waals surface area contributed by atoms with Crippen LogP contribution in [0, 0.1) is 0 Å². The molecule has 0 radical (unpaired) electrons. The summed E-state index contributed by atoms with van der Waals surface area (Å²) in [5.74, 6) is 1.72. The Morgan fingerprint density at radius 3 is 2.56 bits per heavy atom. The van der Waals surface area contributed by atoms with E-state index in [2.05, 4.69) is 34.5 Å². The van der Waals surface area contributed by atoms with Crippen LogP contribution < -0.4 is 14.8 Å². The van der Waals surface area contributed by atoms with Crippen molar-refractivity contribution >= 4 is 11.6 Å². The highest BCUT2D eigenvalue weighted by Gasteiger charge is 2.17. The van der Waals surface area contributed by atoms with Crippen LogP contribution >= 0.6 is 0 Å². The molecule has 0 unspecified atom stereocenters. The van der Waals surface area contributed by atoms with Crippen molar-refractivity contribution in [3.8, 4) is 11.5 Å². The first-order valence-corrected chi connectivity index (χ1v) is 11.0. The molecule has 1 aliphatic rings. The molecule has 1 heterocycles. The number of ether oxygens (including phenoxy) is 2. The fraction of sp³-hybridized carbons (Fsp3) is 0.296. The largest absolute Gasteiger partial charge is 0.497 e. The third kappa shape index (κ3) is 5.48. The number of fused-ring (bicyclic) bond motifs is 1. The van der Waals surface area contributed by atoms with Crippen LogP contribution in [0.15, 0.2) is 66.7 Å². The monoisotopic (exact) mass is 430 g/mol. The molecular weight excluding hydrogens is 400 g/mol. The zero-order valence-electron chi connectivity index (χ0n) is 18.8. The molecule has 166 valence electrons. The first-order chi connectivity index (χ1) is 15.6. The van der Waals surface area contributed by atoms with Crippen molar-refractivity contribution in [1.82, 2.24) is 4.90 Å². The summed E-state index contributed by atoms with van der Waals surface area (Å²) < 4.78 is 10.6. The molecule has 5 heteroatoms. The molecule has 3 aromatic rings. The van der Waals surface area contributed by atoms with Crippen LogP contribution in [0.3, 0.4) is 0 Å². The van der Waals surface area contributed by atoms with Crippen LogP contribution in [-0.2, 0) is 30.7 Å². The predicted octanol–water partition coefficient (Wildman–Crippen LogP) is 4.83. The Morgan fingerprint density at radius 1 is 0.969 bits per heavy atom. The summed E-state index contributed by atoms with van der Waals surface area (Å²) >= 11 is 0. The Balaban J connectivity index is 1.34. The molecule has 3 aromatic carbocycles. The van der Waals surface area contributed by atoms with Gasteiger partial charge in [0, 0.05) is 31.7 Å². The van der Waals surface area contributed by atoms with Crippen molar-refractivity contribution in [2.24, 2.45) is 0 Å². The second-order valence-electron chi connectivity index (χ2n) is 8.15. The highest BCUT2D eigenvalue weighted by molar-refractivity contribution is 5.91. The van der Waals surface area contributed by atoms with E-state index in [1.165, 1.54) is 16.7 Å². The third-order valence-corrected chi connectivity index (χ3v) is 5.96. The van der Waals surface area contributed by atoms with E-state index in [0.717, 1.165) is 48.8 Å². The van der Waals surface area contributed by atoms with Crippen molar-refractivity contribution in [2.45, 2.75) is 32.4 Å². The van der Waals surface area contributed by atoms with Crippen LogP contribution in [0.25, 0.3) is 0 Å². The number of amides is 1. The van der Waals surface area contributed by atoms with Gasteiger partial charge in [-0.15, -0.1) is 0 Å². The van der Waals surface area contributed by atoms with Crippen molar-refractivity contribution in [2.75, 3.05) is 26.1 Å². The minimum absolute atomic E-state index is 0.0155. The van der Waals surface area contributed by atoms with Gasteiger partial charge in [0.05, 0.1) is 14.2 Å². The molecule has 0 aliphatic carbocycles. The summed E-state index contributed by atoms with van der Waals surface area (Å²) in [7, 11) is 3.34. The lowest BCUT2D eigenvalue weighted by atomic mass is 9.98. The van der Waals surface area contributed by atoms with Crippen LogP contribution in [-0.4, -0.2) is 31.6 Å². The van der Waals surface area contributed by atoms with Crippen molar-refractivity contribution in [1.29, 1.82) is 0 Å². The first kappa shape index (κ1) is 21.9. The zero-order valence-corrected chi connectivity index (χ0v) is 18.8. The van der Waals surface area contributed by atoms with Gasteiger partial charge in [-0.05, 0) is 65.4 Å². The van der Waals surface area contributed by atoms with E-state index >= 15 is 0 Å². The van der Waals surface area contributed by atoms with E-state index in [4.69, 9.17) is 9.47 Å². The summed E-state index contributed by atoms with van der Waals surface area (Å²) in [4.78, 5) is 15.0. The maximum atomic E-state index is 12.5. The van der Waals surface area contributed by atoms with Crippen LogP contribution in [0.2, 0.25) is 0 Å². The summed E-state index contributed by atoms with van der Waals surface area (Å²) in [6, 6.07) is 22.4. The lowest BCUT2D eigenvalue weighted by molar-refractivity contribution is -0.116. The molecule has 0 bridgehead atoms. The van der Waals surface area contributed by atoms with Gasteiger partial charge in [0.1, 0.15) is 11.5 Å². The maximum absolute atomic E-state index is 12.5. The lowest BCUT2D eigenvalue weighted by Crippen LogP contribution is -2.30. The lowest BCUT2D eigenvalue weighted by Gasteiger charge is -2.29. The number of hydrogen-bond acceptors (Lipinski definition) is 4. The second-order valence-corrected chi connectivity index (χ2v) is 8.15. The number of benzene rings is 3. The van der Waals surface area contributed by atoms with E-state index in [-0.39, 0.29) is 5.91 Å². The van der Waals surface area contributed by atoms with E-state index in [1.807, 2.05) is 42.5 Å². The number of anilines is 1. The van der Waals surface area contributed by atoms with Gasteiger partial charge < -0.3 is 14.8 Å². The van der Waals surface area contributed by atoms with Gasteiger partial charge in [0.2, 0.25) is 5.91 Å². The van der Waals surface area contributed by atoms with Crippen molar-refractivity contribution in [3.63, 3.8) is 0 Å². The number of methoxy groups -OCH3 is 2. The van der Waals surface area contributed by atoms with Crippen LogP contribution in [0.1, 0.15) is 28.7 Å². The highest BCUT2D eigenvalue weighted by Crippen LogP contribution is 2.25. The average Bonchev–Trinajstić information content (AvgIpc) is 2.83. The molecule has 1 aliphatic heterocycles. The Morgan fingerprint density at radius 2 is 1.78 bits per heavy atom.